The van der Waals surface area contributed by atoms with Crippen LogP contribution in [0.4, 0.5) is 0 Å². The number of amides is 2. The summed E-state index contributed by atoms with van der Waals surface area (Å²) in [6, 6.07) is 16.3. The number of carbonyl (C=O) groups excluding carboxylic acids is 2. The first-order valence-corrected chi connectivity index (χ1v) is 11.9. The molecule has 1 aliphatic rings. The molecule has 178 valence electrons. The van der Waals surface area contributed by atoms with Gasteiger partial charge >= 0.3 is 0 Å². The van der Waals surface area contributed by atoms with E-state index in [9.17, 15) is 9.59 Å². The fourth-order valence-electron chi connectivity index (χ4n) is 4.40. The zero-order valence-corrected chi connectivity index (χ0v) is 20.3. The van der Waals surface area contributed by atoms with Crippen LogP contribution in [0, 0.1) is 0 Å². The molecule has 0 spiro atoms. The molecule has 2 heterocycles. The Balaban J connectivity index is 1.70. The van der Waals surface area contributed by atoms with Crippen molar-refractivity contribution in [2.75, 3.05) is 34.5 Å². The molecule has 2 atom stereocenters. The van der Waals surface area contributed by atoms with Gasteiger partial charge in [0.25, 0.3) is 5.91 Å². The van der Waals surface area contributed by atoms with E-state index < -0.39 is 12.0 Å². The van der Waals surface area contributed by atoms with Crippen molar-refractivity contribution in [3.05, 3.63) is 81.5 Å². The van der Waals surface area contributed by atoms with Gasteiger partial charge < -0.3 is 24.4 Å². The third-order valence-electron chi connectivity index (χ3n) is 6.03. The summed E-state index contributed by atoms with van der Waals surface area (Å²) in [4.78, 5) is 29.9. The smallest absolute Gasteiger partial charge is 0.254 e. The number of hydrogen-bond acceptors (Lipinski definition) is 6. The molecule has 2 amide bonds. The Hall–Kier alpha value is -3.36. The molecule has 0 saturated heterocycles. The molecule has 1 N–H and O–H groups in total. The molecular weight excluding hydrogens is 452 g/mol. The van der Waals surface area contributed by atoms with Crippen LogP contribution >= 0.6 is 11.3 Å². The van der Waals surface area contributed by atoms with Gasteiger partial charge in [-0.3, -0.25) is 9.59 Å². The van der Waals surface area contributed by atoms with Gasteiger partial charge in [0.1, 0.15) is 11.5 Å². The zero-order chi connectivity index (χ0) is 24.1. The van der Waals surface area contributed by atoms with Crippen molar-refractivity contribution in [1.82, 2.24) is 10.2 Å². The quantitative estimate of drug-likeness (QED) is 0.501. The summed E-state index contributed by atoms with van der Waals surface area (Å²) in [6.07, 6.45) is 0. The largest absolute Gasteiger partial charge is 0.497 e. The third kappa shape index (κ3) is 4.64. The minimum absolute atomic E-state index is 0.0930. The first kappa shape index (κ1) is 23.8. The summed E-state index contributed by atoms with van der Waals surface area (Å²) >= 11 is 1.54. The Morgan fingerprint density at radius 1 is 1.06 bits per heavy atom. The minimum Gasteiger partial charge on any atom is -0.497 e. The molecule has 0 saturated carbocycles. The first-order chi connectivity index (χ1) is 16.6. The molecule has 0 aliphatic carbocycles. The standard InChI is InChI=1S/C26H28N2O5S/c1-31-13-12-28-24(22-9-6-14-34-22)23(19-7-4-5-8-20(19)26(28)30)25(29)27-16-17-15-18(32-2)10-11-21(17)33-3/h4-11,14-15,23-24H,12-13,16H2,1-3H3,(H,27,29)/t23-,24+/m0/s1. The number of nitrogens with zero attached hydrogens (tertiary/aromatic N) is 1. The van der Waals surface area contributed by atoms with Crippen LogP contribution in [0.5, 0.6) is 11.5 Å². The highest BCUT2D eigenvalue weighted by Crippen LogP contribution is 2.44. The molecule has 0 unspecified atom stereocenters. The van der Waals surface area contributed by atoms with E-state index >= 15 is 0 Å². The fourth-order valence-corrected chi connectivity index (χ4v) is 5.27. The molecule has 8 heteroatoms. The molecule has 3 aromatic rings. The van der Waals surface area contributed by atoms with Crippen molar-refractivity contribution in [2.45, 2.75) is 18.5 Å². The van der Waals surface area contributed by atoms with E-state index in [1.807, 2.05) is 53.9 Å². The molecule has 0 bridgehead atoms. The third-order valence-corrected chi connectivity index (χ3v) is 6.98. The lowest BCUT2D eigenvalue weighted by molar-refractivity contribution is -0.124. The Kier molecular flexibility index (Phi) is 7.49. The zero-order valence-electron chi connectivity index (χ0n) is 19.4. The summed E-state index contributed by atoms with van der Waals surface area (Å²) in [7, 11) is 4.80. The highest BCUT2D eigenvalue weighted by molar-refractivity contribution is 7.10. The highest BCUT2D eigenvalue weighted by Gasteiger charge is 2.44. The van der Waals surface area contributed by atoms with Crippen LogP contribution in [0.3, 0.4) is 0 Å². The summed E-state index contributed by atoms with van der Waals surface area (Å²) in [5, 5.41) is 5.04. The van der Waals surface area contributed by atoms with Crippen LogP contribution in [0.2, 0.25) is 0 Å². The second kappa shape index (κ2) is 10.7. The number of ether oxygens (including phenoxy) is 3. The Morgan fingerprint density at radius 3 is 2.59 bits per heavy atom. The molecule has 0 fully saturated rings. The van der Waals surface area contributed by atoms with Gasteiger partial charge in [0.15, 0.2) is 0 Å². The lowest BCUT2D eigenvalue weighted by atomic mass is 9.81. The maximum Gasteiger partial charge on any atom is 0.254 e. The van der Waals surface area contributed by atoms with Crippen molar-refractivity contribution in [3.8, 4) is 11.5 Å². The van der Waals surface area contributed by atoms with Crippen molar-refractivity contribution in [2.24, 2.45) is 0 Å². The lowest BCUT2D eigenvalue weighted by Crippen LogP contribution is -2.48. The van der Waals surface area contributed by atoms with E-state index in [1.54, 1.807) is 32.3 Å². The fraction of sp³-hybridized carbons (Fsp3) is 0.308. The SMILES string of the molecule is COCCN1C(=O)c2ccccc2[C@H](C(=O)NCc2cc(OC)ccc2OC)[C@H]1c1cccs1. The monoisotopic (exact) mass is 480 g/mol. The van der Waals surface area contributed by atoms with Gasteiger partial charge in [-0.05, 0) is 41.3 Å². The van der Waals surface area contributed by atoms with Crippen molar-refractivity contribution >= 4 is 23.2 Å². The Morgan fingerprint density at radius 2 is 1.88 bits per heavy atom. The second-order valence-corrected chi connectivity index (χ2v) is 8.89. The minimum atomic E-state index is -0.569. The number of methoxy groups -OCH3 is 3. The van der Waals surface area contributed by atoms with Gasteiger partial charge in [0.05, 0.1) is 32.8 Å². The van der Waals surface area contributed by atoms with Crippen LogP contribution in [0.15, 0.2) is 60.0 Å². The lowest BCUT2D eigenvalue weighted by Gasteiger charge is -2.41. The topological polar surface area (TPSA) is 77.1 Å². The van der Waals surface area contributed by atoms with E-state index in [2.05, 4.69) is 5.32 Å². The van der Waals surface area contributed by atoms with Crippen molar-refractivity contribution in [3.63, 3.8) is 0 Å². The number of thiophene rings is 1. The number of carbonyl (C=O) groups is 2. The summed E-state index contributed by atoms with van der Waals surface area (Å²) in [6.45, 7) is 1.03. The van der Waals surface area contributed by atoms with Gasteiger partial charge in [-0.15, -0.1) is 11.3 Å². The molecule has 0 radical (unpaired) electrons. The predicted octanol–water partition coefficient (Wildman–Crippen LogP) is 4.01. The van der Waals surface area contributed by atoms with E-state index in [1.165, 1.54) is 11.3 Å². The van der Waals surface area contributed by atoms with E-state index in [0.29, 0.717) is 30.2 Å². The molecule has 34 heavy (non-hydrogen) atoms. The number of nitrogens with one attached hydrogen (secondary N) is 1. The van der Waals surface area contributed by atoms with Crippen LogP contribution in [0.1, 0.15) is 38.3 Å². The Labute approximate surface area is 203 Å². The number of hydrogen-bond donors (Lipinski definition) is 1. The maximum atomic E-state index is 13.8. The first-order valence-electron chi connectivity index (χ1n) is 11.0. The number of rotatable bonds is 9. The van der Waals surface area contributed by atoms with Crippen molar-refractivity contribution < 1.29 is 23.8 Å². The average Bonchev–Trinajstić information content (AvgIpc) is 3.41. The molecule has 1 aromatic heterocycles. The van der Waals surface area contributed by atoms with Crippen LogP contribution in [-0.2, 0) is 16.1 Å². The van der Waals surface area contributed by atoms with Crippen molar-refractivity contribution in [1.29, 1.82) is 0 Å². The summed E-state index contributed by atoms with van der Waals surface area (Å²) < 4.78 is 16.1. The van der Waals surface area contributed by atoms with Gasteiger partial charge in [-0.1, -0.05) is 24.3 Å². The highest BCUT2D eigenvalue weighted by atomic mass is 32.1. The summed E-state index contributed by atoms with van der Waals surface area (Å²) in [5.74, 6) is 0.522. The summed E-state index contributed by atoms with van der Waals surface area (Å²) in [5.41, 5.74) is 2.08. The molecule has 1 aliphatic heterocycles. The van der Waals surface area contributed by atoms with Crippen LogP contribution in [-0.4, -0.2) is 51.2 Å². The van der Waals surface area contributed by atoms with E-state index in [4.69, 9.17) is 14.2 Å². The van der Waals surface area contributed by atoms with Gasteiger partial charge in [0.2, 0.25) is 5.91 Å². The van der Waals surface area contributed by atoms with Gasteiger partial charge in [0, 0.05) is 36.2 Å². The molecule has 7 nitrogen and oxygen atoms in total. The van der Waals surface area contributed by atoms with Crippen LogP contribution in [0.25, 0.3) is 0 Å². The van der Waals surface area contributed by atoms with Gasteiger partial charge in [-0.2, -0.15) is 0 Å². The maximum absolute atomic E-state index is 13.8. The Bertz CT molecular complexity index is 1150. The van der Waals surface area contributed by atoms with E-state index in [-0.39, 0.29) is 18.4 Å². The molecular formula is C26H28N2O5S. The average molecular weight is 481 g/mol. The van der Waals surface area contributed by atoms with Crippen LogP contribution < -0.4 is 14.8 Å². The molecule has 2 aromatic carbocycles. The number of benzene rings is 2. The number of fused-ring (bicyclic) bond motifs is 1. The molecule has 4 rings (SSSR count). The predicted molar refractivity (Wildman–Crippen MR) is 131 cm³/mol. The normalized spacial score (nSPS) is 17.3. The second-order valence-electron chi connectivity index (χ2n) is 7.91. The van der Waals surface area contributed by atoms with Gasteiger partial charge in [-0.25, -0.2) is 0 Å². The van der Waals surface area contributed by atoms with E-state index in [0.717, 1.165) is 16.0 Å².